The van der Waals surface area contributed by atoms with Gasteiger partial charge in [-0.3, -0.25) is 0 Å². The van der Waals surface area contributed by atoms with E-state index in [1.807, 2.05) is 19.9 Å². The summed E-state index contributed by atoms with van der Waals surface area (Å²) in [5.41, 5.74) is 0. The van der Waals surface area contributed by atoms with Crippen LogP contribution in [0.15, 0.2) is 24.0 Å². The van der Waals surface area contributed by atoms with E-state index in [4.69, 9.17) is 4.74 Å². The van der Waals surface area contributed by atoms with Crippen LogP contribution in [-0.4, -0.2) is 6.10 Å². The first-order valence-electron chi connectivity index (χ1n) is 4.81. The van der Waals surface area contributed by atoms with Gasteiger partial charge in [0.2, 0.25) is 0 Å². The summed E-state index contributed by atoms with van der Waals surface area (Å²) in [7, 11) is 0. The Morgan fingerprint density at radius 1 is 1.33 bits per heavy atom. The van der Waals surface area contributed by atoms with Crippen LogP contribution in [0, 0.1) is 0 Å². The van der Waals surface area contributed by atoms with Crippen molar-refractivity contribution in [3.8, 4) is 0 Å². The van der Waals surface area contributed by atoms with Gasteiger partial charge >= 0.3 is 0 Å². The second-order valence-corrected chi connectivity index (χ2v) is 2.77. The number of ether oxygens (including phenoxy) is 1. The van der Waals surface area contributed by atoms with Crippen LogP contribution in [0.1, 0.15) is 40.5 Å². The van der Waals surface area contributed by atoms with Crippen molar-refractivity contribution in [2.75, 3.05) is 0 Å². The van der Waals surface area contributed by atoms with E-state index in [0.29, 0.717) is 6.10 Å². The standard InChI is InChI=1S/C9H14O.C2H6/c1-8(2)10-9-6-4-3-5-7-9;1-2/h3-4,6,8H,5,7H2,1-2H3;1-2H3. The van der Waals surface area contributed by atoms with Crippen LogP contribution in [0.3, 0.4) is 0 Å². The van der Waals surface area contributed by atoms with Crippen LogP contribution < -0.4 is 0 Å². The normalized spacial score (nSPS) is 14.9. The summed E-state index contributed by atoms with van der Waals surface area (Å²) in [6.45, 7) is 8.11. The number of rotatable bonds is 2. The van der Waals surface area contributed by atoms with E-state index in [1.54, 1.807) is 0 Å². The van der Waals surface area contributed by atoms with E-state index >= 15 is 0 Å². The van der Waals surface area contributed by atoms with Crippen molar-refractivity contribution >= 4 is 0 Å². The zero-order valence-corrected chi connectivity index (χ0v) is 8.63. The summed E-state index contributed by atoms with van der Waals surface area (Å²) < 4.78 is 5.50. The molecule has 0 unspecified atom stereocenters. The highest BCUT2D eigenvalue weighted by molar-refractivity contribution is 5.12. The van der Waals surface area contributed by atoms with Gasteiger partial charge in [0, 0.05) is 6.42 Å². The molecule has 1 aliphatic rings. The zero-order valence-electron chi connectivity index (χ0n) is 8.63. The Balaban J connectivity index is 0.000000561. The minimum absolute atomic E-state index is 0.317. The summed E-state index contributed by atoms with van der Waals surface area (Å²) in [6, 6.07) is 0. The van der Waals surface area contributed by atoms with Gasteiger partial charge in [-0.1, -0.05) is 26.0 Å². The molecule has 12 heavy (non-hydrogen) atoms. The second-order valence-electron chi connectivity index (χ2n) is 2.77. The van der Waals surface area contributed by atoms with Gasteiger partial charge in [-0.2, -0.15) is 0 Å². The molecule has 0 saturated heterocycles. The van der Waals surface area contributed by atoms with E-state index in [2.05, 4.69) is 26.0 Å². The predicted molar refractivity (Wildman–Crippen MR) is 54.0 cm³/mol. The van der Waals surface area contributed by atoms with Crippen LogP contribution in [0.25, 0.3) is 0 Å². The molecule has 0 aromatic heterocycles. The summed E-state index contributed by atoms with van der Waals surface area (Å²) in [6.07, 6.45) is 8.77. The number of hydrogen-bond acceptors (Lipinski definition) is 1. The van der Waals surface area contributed by atoms with Crippen LogP contribution in [0.4, 0.5) is 0 Å². The van der Waals surface area contributed by atoms with E-state index in [0.717, 1.165) is 18.6 Å². The average Bonchev–Trinajstić information content (AvgIpc) is 2.08. The van der Waals surface area contributed by atoms with Crippen molar-refractivity contribution in [3.05, 3.63) is 24.0 Å². The Morgan fingerprint density at radius 3 is 2.42 bits per heavy atom. The molecule has 70 valence electrons. The molecule has 0 heterocycles. The van der Waals surface area contributed by atoms with E-state index in [-0.39, 0.29) is 0 Å². The van der Waals surface area contributed by atoms with Gasteiger partial charge in [-0.05, 0) is 26.3 Å². The van der Waals surface area contributed by atoms with Gasteiger partial charge in [0.25, 0.3) is 0 Å². The van der Waals surface area contributed by atoms with Gasteiger partial charge in [0.15, 0.2) is 0 Å². The van der Waals surface area contributed by atoms with Crippen LogP contribution in [0.2, 0.25) is 0 Å². The highest BCUT2D eigenvalue weighted by Gasteiger charge is 2.01. The summed E-state index contributed by atoms with van der Waals surface area (Å²) in [5, 5.41) is 0. The second kappa shape index (κ2) is 6.96. The Labute approximate surface area is 76.1 Å². The molecule has 1 heteroatoms. The molecule has 0 aliphatic heterocycles. The zero-order chi connectivity index (χ0) is 9.40. The molecular formula is C11H20O. The van der Waals surface area contributed by atoms with E-state index in [9.17, 15) is 0 Å². The molecule has 0 saturated carbocycles. The molecule has 1 rings (SSSR count). The lowest BCUT2D eigenvalue weighted by Gasteiger charge is -2.14. The van der Waals surface area contributed by atoms with Gasteiger partial charge < -0.3 is 4.74 Å². The highest BCUT2D eigenvalue weighted by atomic mass is 16.5. The maximum Gasteiger partial charge on any atom is 0.0966 e. The summed E-state index contributed by atoms with van der Waals surface area (Å²) >= 11 is 0. The molecular weight excluding hydrogens is 148 g/mol. The first-order valence-corrected chi connectivity index (χ1v) is 4.81. The van der Waals surface area contributed by atoms with Crippen LogP contribution >= 0.6 is 0 Å². The fraction of sp³-hybridized carbons (Fsp3) is 0.636. The molecule has 1 nitrogen and oxygen atoms in total. The Morgan fingerprint density at radius 2 is 2.00 bits per heavy atom. The summed E-state index contributed by atoms with van der Waals surface area (Å²) in [5.74, 6) is 1.12. The van der Waals surface area contributed by atoms with Crippen LogP contribution in [0.5, 0.6) is 0 Å². The van der Waals surface area contributed by atoms with Crippen molar-refractivity contribution in [2.24, 2.45) is 0 Å². The maximum absolute atomic E-state index is 5.50. The third-order valence-electron chi connectivity index (χ3n) is 1.36. The SMILES string of the molecule is CC.CC(C)OC1=CC=CCC1. The minimum atomic E-state index is 0.317. The van der Waals surface area contributed by atoms with Crippen LogP contribution in [-0.2, 0) is 4.74 Å². The Hall–Kier alpha value is -0.720. The molecule has 0 aromatic rings. The smallest absolute Gasteiger partial charge is 0.0966 e. The van der Waals surface area contributed by atoms with Gasteiger partial charge in [-0.25, -0.2) is 0 Å². The van der Waals surface area contributed by atoms with Gasteiger partial charge in [0.05, 0.1) is 11.9 Å². The molecule has 0 spiro atoms. The Bertz CT molecular complexity index is 154. The first kappa shape index (κ1) is 11.3. The van der Waals surface area contributed by atoms with Crippen molar-refractivity contribution in [3.63, 3.8) is 0 Å². The summed E-state index contributed by atoms with van der Waals surface area (Å²) in [4.78, 5) is 0. The molecule has 0 fully saturated rings. The molecule has 0 amide bonds. The van der Waals surface area contributed by atoms with Gasteiger partial charge in [0.1, 0.15) is 0 Å². The van der Waals surface area contributed by atoms with Gasteiger partial charge in [-0.15, -0.1) is 0 Å². The number of hydrogen-bond donors (Lipinski definition) is 0. The molecule has 0 atom stereocenters. The Kier molecular flexibility index (Phi) is 6.54. The quantitative estimate of drug-likeness (QED) is 0.611. The van der Waals surface area contributed by atoms with Crippen molar-refractivity contribution in [1.29, 1.82) is 0 Å². The topological polar surface area (TPSA) is 9.23 Å². The predicted octanol–water partition coefficient (Wildman–Crippen LogP) is 3.67. The maximum atomic E-state index is 5.50. The molecule has 0 N–H and O–H groups in total. The fourth-order valence-electron chi connectivity index (χ4n) is 0.981. The number of allylic oxidation sites excluding steroid dienone is 4. The van der Waals surface area contributed by atoms with Crippen molar-refractivity contribution < 1.29 is 4.74 Å². The monoisotopic (exact) mass is 168 g/mol. The van der Waals surface area contributed by atoms with E-state index in [1.165, 1.54) is 0 Å². The average molecular weight is 168 g/mol. The minimum Gasteiger partial charge on any atom is -0.495 e. The lowest BCUT2D eigenvalue weighted by atomic mass is 10.2. The molecule has 0 aromatic carbocycles. The first-order chi connectivity index (χ1) is 5.79. The molecule has 1 aliphatic carbocycles. The molecule has 0 radical (unpaired) electrons. The lowest BCUT2D eigenvalue weighted by Crippen LogP contribution is -2.02. The van der Waals surface area contributed by atoms with Crippen molar-refractivity contribution in [1.82, 2.24) is 0 Å². The highest BCUT2D eigenvalue weighted by Crippen LogP contribution is 2.14. The largest absolute Gasteiger partial charge is 0.495 e. The fourth-order valence-corrected chi connectivity index (χ4v) is 0.981. The van der Waals surface area contributed by atoms with E-state index < -0.39 is 0 Å². The molecule has 0 bridgehead atoms. The lowest BCUT2D eigenvalue weighted by molar-refractivity contribution is 0.139. The third-order valence-corrected chi connectivity index (χ3v) is 1.36. The van der Waals surface area contributed by atoms with Crippen molar-refractivity contribution in [2.45, 2.75) is 46.6 Å². The third kappa shape index (κ3) is 5.00.